The van der Waals surface area contributed by atoms with E-state index >= 15 is 0 Å². The Hall–Kier alpha value is -7.96. The fraction of sp³-hybridized carbons (Fsp3) is 0.200. The number of fused-ring (bicyclic) bond motifs is 10. The van der Waals surface area contributed by atoms with Gasteiger partial charge in [-0.15, -0.1) is 0 Å². The van der Waals surface area contributed by atoms with E-state index in [0.717, 1.165) is 45.0 Å². The third-order valence-corrected chi connectivity index (χ3v) is 14.6. The van der Waals surface area contributed by atoms with Crippen LogP contribution in [0.2, 0.25) is 0 Å². The maximum Gasteiger partial charge on any atom is 0.138 e. The SMILES string of the molecule is CC(C)(C)c1cc(-c2cccc3c4ccccc4c4ccccc4c4cccc5c4n(c23)CN5c2cc(Oc3ccc4c5ccccc5n(-c5cc(C(C)(C)C)ccn5)c4c3)ccn2)cc(C(C)(C)C)c1. The zero-order valence-electron chi connectivity index (χ0n) is 42.2. The van der Waals surface area contributed by atoms with Crippen LogP contribution in [0.25, 0.3) is 82.1 Å². The van der Waals surface area contributed by atoms with Crippen molar-refractivity contribution in [2.75, 3.05) is 4.90 Å². The highest BCUT2D eigenvalue weighted by Crippen LogP contribution is 2.46. The number of pyridine rings is 2. The predicted molar refractivity (Wildman–Crippen MR) is 299 cm³/mol. The molecule has 0 radical (unpaired) electrons. The van der Waals surface area contributed by atoms with E-state index in [1.54, 1.807) is 0 Å². The van der Waals surface area contributed by atoms with Crippen molar-refractivity contribution >= 4 is 76.7 Å². The van der Waals surface area contributed by atoms with E-state index in [9.17, 15) is 0 Å². The Morgan fingerprint density at radius 2 is 0.944 bits per heavy atom. The Morgan fingerprint density at radius 1 is 0.408 bits per heavy atom. The van der Waals surface area contributed by atoms with Gasteiger partial charge in [-0.05, 0) is 103 Å². The molecule has 350 valence electrons. The molecular weight excluding hydrogens is 867 g/mol. The molecule has 11 aromatic rings. The molecule has 0 spiro atoms. The molecule has 4 aromatic heterocycles. The van der Waals surface area contributed by atoms with E-state index in [0.29, 0.717) is 12.4 Å². The molecule has 0 fully saturated rings. The first-order valence-electron chi connectivity index (χ1n) is 24.9. The number of ether oxygens (including phenoxy) is 1. The highest BCUT2D eigenvalue weighted by Gasteiger charge is 2.28. The molecular formula is C65H59N5O. The number of hydrogen-bond donors (Lipinski definition) is 0. The van der Waals surface area contributed by atoms with Crippen LogP contribution in [0.3, 0.4) is 0 Å². The Kier molecular flexibility index (Phi) is 10.2. The molecule has 0 amide bonds. The molecule has 5 heterocycles. The summed E-state index contributed by atoms with van der Waals surface area (Å²) in [6.45, 7) is 21.2. The van der Waals surface area contributed by atoms with Crippen LogP contribution in [0, 0.1) is 0 Å². The first-order chi connectivity index (χ1) is 34.1. The molecule has 6 nitrogen and oxygen atoms in total. The minimum atomic E-state index is -0.0483. The molecule has 0 atom stereocenters. The molecule has 0 saturated heterocycles. The van der Waals surface area contributed by atoms with Crippen LogP contribution in [0.1, 0.15) is 79.0 Å². The van der Waals surface area contributed by atoms with Crippen molar-refractivity contribution in [2.24, 2.45) is 0 Å². The minimum absolute atomic E-state index is 0.0243. The lowest BCUT2D eigenvalue weighted by Crippen LogP contribution is -2.17. The van der Waals surface area contributed by atoms with Gasteiger partial charge in [0.25, 0.3) is 0 Å². The van der Waals surface area contributed by atoms with Gasteiger partial charge in [0.2, 0.25) is 0 Å². The molecule has 0 bridgehead atoms. The number of para-hydroxylation sites is 3. The summed E-state index contributed by atoms with van der Waals surface area (Å²) in [6, 6.07) is 62.0. The van der Waals surface area contributed by atoms with E-state index in [1.807, 2.05) is 18.5 Å². The number of aromatic nitrogens is 4. The zero-order valence-corrected chi connectivity index (χ0v) is 42.2. The second-order valence-corrected chi connectivity index (χ2v) is 22.4. The molecule has 1 aliphatic heterocycles. The average Bonchev–Trinajstić information content (AvgIpc) is 3.92. The number of rotatable bonds is 5. The van der Waals surface area contributed by atoms with E-state index in [1.165, 1.54) is 71.0 Å². The van der Waals surface area contributed by atoms with Crippen LogP contribution >= 0.6 is 0 Å². The lowest BCUT2D eigenvalue weighted by molar-refractivity contribution is 0.482. The summed E-state index contributed by atoms with van der Waals surface area (Å²) in [7, 11) is 0. The lowest BCUT2D eigenvalue weighted by atomic mass is 9.78. The first kappa shape index (κ1) is 44.3. The monoisotopic (exact) mass is 925 g/mol. The van der Waals surface area contributed by atoms with Crippen molar-refractivity contribution < 1.29 is 4.74 Å². The van der Waals surface area contributed by atoms with Gasteiger partial charge in [0.05, 0.1) is 27.8 Å². The summed E-state index contributed by atoms with van der Waals surface area (Å²) in [5, 5.41) is 9.51. The van der Waals surface area contributed by atoms with Gasteiger partial charge in [-0.1, -0.05) is 178 Å². The van der Waals surface area contributed by atoms with E-state index in [-0.39, 0.29) is 16.2 Å². The van der Waals surface area contributed by atoms with Gasteiger partial charge in [0, 0.05) is 51.6 Å². The second kappa shape index (κ2) is 16.3. The van der Waals surface area contributed by atoms with Crippen LogP contribution in [-0.4, -0.2) is 19.1 Å². The summed E-state index contributed by atoms with van der Waals surface area (Å²) in [4.78, 5) is 12.4. The van der Waals surface area contributed by atoms with E-state index < -0.39 is 0 Å². The van der Waals surface area contributed by atoms with Gasteiger partial charge >= 0.3 is 0 Å². The number of anilines is 2. The Labute approximate surface area is 416 Å². The largest absolute Gasteiger partial charge is 0.457 e. The third-order valence-electron chi connectivity index (χ3n) is 14.6. The average molecular weight is 926 g/mol. The maximum atomic E-state index is 6.87. The predicted octanol–water partition coefficient (Wildman–Crippen LogP) is 17.6. The van der Waals surface area contributed by atoms with Gasteiger partial charge in [0.1, 0.15) is 29.8 Å². The fourth-order valence-electron chi connectivity index (χ4n) is 10.8. The highest BCUT2D eigenvalue weighted by molar-refractivity contribution is 6.22. The molecule has 0 N–H and O–H groups in total. The minimum Gasteiger partial charge on any atom is -0.457 e. The Bertz CT molecular complexity index is 3990. The lowest BCUT2D eigenvalue weighted by Gasteiger charge is -2.26. The fourth-order valence-corrected chi connectivity index (χ4v) is 10.8. The van der Waals surface area contributed by atoms with Crippen molar-refractivity contribution in [1.29, 1.82) is 0 Å². The summed E-state index contributed by atoms with van der Waals surface area (Å²) in [5.74, 6) is 3.13. The van der Waals surface area contributed by atoms with Gasteiger partial charge in [-0.2, -0.15) is 0 Å². The first-order valence-corrected chi connectivity index (χ1v) is 24.9. The molecule has 0 aliphatic carbocycles. The Balaban J connectivity index is 1.06. The topological polar surface area (TPSA) is 48.1 Å². The van der Waals surface area contributed by atoms with E-state index in [4.69, 9.17) is 14.7 Å². The number of hydrogen-bond acceptors (Lipinski definition) is 4. The van der Waals surface area contributed by atoms with Crippen LogP contribution in [0.15, 0.2) is 182 Å². The second-order valence-electron chi connectivity index (χ2n) is 22.4. The number of nitrogens with zero attached hydrogens (tertiary/aromatic N) is 5. The van der Waals surface area contributed by atoms with Crippen LogP contribution in [0.5, 0.6) is 11.5 Å². The molecule has 12 rings (SSSR count). The molecule has 7 aromatic carbocycles. The van der Waals surface area contributed by atoms with Crippen molar-refractivity contribution in [1.82, 2.24) is 19.1 Å². The maximum absolute atomic E-state index is 6.87. The normalized spacial score (nSPS) is 13.1. The highest BCUT2D eigenvalue weighted by atomic mass is 16.5. The molecule has 0 saturated carbocycles. The van der Waals surface area contributed by atoms with Gasteiger partial charge in [-0.3, -0.25) is 4.57 Å². The van der Waals surface area contributed by atoms with Crippen LogP contribution in [-0.2, 0) is 22.9 Å². The van der Waals surface area contributed by atoms with Gasteiger partial charge < -0.3 is 14.2 Å². The van der Waals surface area contributed by atoms with E-state index in [2.05, 4.69) is 240 Å². The standard InChI is InChI=1S/C65H59N5O/c1-63(2,3)42-30-32-67-60(37-42)70-56-26-15-14-22-52(56)53-29-28-45(38-58(53)70)71-46-31-33-66-59(39-46)68-40-69-61-47(41-34-43(64(4,5)6)36-44(35-41)65(7,8)9)23-16-24-54(61)50-20-12-10-18-48(50)49-19-11-13-21-51(49)55-25-17-27-57(68)62(55)69/h10-39H,40H2,1-9H3. The number of benzene rings is 7. The summed E-state index contributed by atoms with van der Waals surface area (Å²) < 4.78 is 11.7. The smallest absolute Gasteiger partial charge is 0.138 e. The van der Waals surface area contributed by atoms with Crippen LogP contribution < -0.4 is 9.64 Å². The van der Waals surface area contributed by atoms with Crippen molar-refractivity contribution in [3.63, 3.8) is 0 Å². The van der Waals surface area contributed by atoms with Crippen LogP contribution in [0.4, 0.5) is 11.5 Å². The van der Waals surface area contributed by atoms with Crippen molar-refractivity contribution in [3.05, 3.63) is 199 Å². The molecule has 1 aliphatic rings. The van der Waals surface area contributed by atoms with Crippen molar-refractivity contribution in [2.45, 2.75) is 85.2 Å². The summed E-state index contributed by atoms with van der Waals surface area (Å²) in [6.07, 6.45) is 3.79. The molecule has 71 heavy (non-hydrogen) atoms. The summed E-state index contributed by atoms with van der Waals surface area (Å²) >= 11 is 0. The third kappa shape index (κ3) is 7.56. The van der Waals surface area contributed by atoms with Crippen molar-refractivity contribution in [3.8, 4) is 28.4 Å². The molecule has 0 unspecified atom stereocenters. The quantitative estimate of drug-likeness (QED) is 0.173. The zero-order chi connectivity index (χ0) is 49.0. The summed E-state index contributed by atoms with van der Waals surface area (Å²) in [5.41, 5.74) is 11.7. The van der Waals surface area contributed by atoms with Gasteiger partial charge in [-0.25, -0.2) is 9.97 Å². The molecule has 6 heteroatoms. The van der Waals surface area contributed by atoms with Gasteiger partial charge in [0.15, 0.2) is 0 Å². The Morgan fingerprint density at radius 3 is 1.61 bits per heavy atom.